The number of aromatic hydroxyl groups is 1. The molecule has 1 saturated carbocycles. The molecule has 1 aromatic carbocycles. The van der Waals surface area contributed by atoms with Gasteiger partial charge in [-0.3, -0.25) is 19.0 Å². The molecule has 0 spiro atoms. The summed E-state index contributed by atoms with van der Waals surface area (Å²) in [4.78, 5) is 41.0. The largest absolute Gasteiger partial charge is 0.492 e. The Hall–Kier alpha value is -4.39. The van der Waals surface area contributed by atoms with Gasteiger partial charge in [0.1, 0.15) is 5.65 Å². The number of hydrogen-bond acceptors (Lipinski definition) is 6. The monoisotopic (exact) mass is 500 g/mol. The van der Waals surface area contributed by atoms with Gasteiger partial charge in [0.25, 0.3) is 17.4 Å². The van der Waals surface area contributed by atoms with Crippen molar-refractivity contribution in [2.24, 2.45) is 5.92 Å². The number of hydrogen-bond donors (Lipinski definition) is 2. The van der Waals surface area contributed by atoms with Crippen molar-refractivity contribution in [3.05, 3.63) is 62.6 Å². The smallest absolute Gasteiger partial charge is 0.270 e. The molecule has 1 aliphatic heterocycles. The van der Waals surface area contributed by atoms with Gasteiger partial charge in [0.2, 0.25) is 5.88 Å². The lowest BCUT2D eigenvalue weighted by Crippen LogP contribution is -2.36. The third kappa shape index (κ3) is 4.37. The Kier molecular flexibility index (Phi) is 6.07. The maximum absolute atomic E-state index is 13.5. The van der Waals surface area contributed by atoms with E-state index in [2.05, 4.69) is 16.5 Å². The Morgan fingerprint density at radius 2 is 2.08 bits per heavy atom. The van der Waals surface area contributed by atoms with Gasteiger partial charge in [-0.2, -0.15) is 14.9 Å². The summed E-state index contributed by atoms with van der Waals surface area (Å²) in [6, 6.07) is 7.40. The predicted octanol–water partition coefficient (Wildman–Crippen LogP) is 2.53. The lowest BCUT2D eigenvalue weighted by Gasteiger charge is -2.16. The molecule has 3 aromatic rings. The molecule has 2 N–H and O–H groups in total. The highest BCUT2D eigenvalue weighted by Crippen LogP contribution is 2.30. The summed E-state index contributed by atoms with van der Waals surface area (Å²) in [5, 5.41) is 27.3. The van der Waals surface area contributed by atoms with Crippen molar-refractivity contribution in [2.45, 2.75) is 52.6 Å². The third-order valence-electron chi connectivity index (χ3n) is 6.67. The highest BCUT2D eigenvalue weighted by Gasteiger charge is 2.30. The Morgan fingerprint density at radius 1 is 1.32 bits per heavy atom. The number of anilines is 1. The van der Waals surface area contributed by atoms with E-state index in [9.17, 15) is 19.5 Å². The Balaban J connectivity index is 1.56. The molecule has 5 rings (SSSR count). The van der Waals surface area contributed by atoms with Crippen molar-refractivity contribution >= 4 is 29.2 Å². The summed E-state index contributed by atoms with van der Waals surface area (Å²) >= 11 is 0. The zero-order valence-corrected chi connectivity index (χ0v) is 21.0. The van der Waals surface area contributed by atoms with E-state index in [0.717, 1.165) is 24.1 Å². The molecule has 37 heavy (non-hydrogen) atoms. The van der Waals surface area contributed by atoms with Crippen LogP contribution in [0.5, 0.6) is 5.88 Å². The molecular weight excluding hydrogens is 472 g/mol. The molecule has 0 saturated heterocycles. The number of amides is 2. The fraction of sp³-hybridized carbons (Fsp3) is 0.370. The van der Waals surface area contributed by atoms with Crippen molar-refractivity contribution in [1.29, 1.82) is 5.26 Å². The van der Waals surface area contributed by atoms with E-state index in [1.165, 1.54) is 15.2 Å². The average Bonchev–Trinajstić information content (AvgIpc) is 3.46. The number of carbonyl (C=O) groups is 2. The van der Waals surface area contributed by atoms with Crippen LogP contribution in [0, 0.1) is 24.2 Å². The van der Waals surface area contributed by atoms with E-state index >= 15 is 0 Å². The number of aryl methyl sites for hydroxylation is 1. The SMILES string of the molecule is Cc1nn2c(O)c(C(=O)NC3CC3)c(=O)n(CC(C)C)c2c1C=CC(=O)N1CCc2cc(C#N)ccc21. The first-order chi connectivity index (χ1) is 17.7. The topological polar surface area (TPSA) is 133 Å². The molecule has 0 bridgehead atoms. The molecule has 0 unspecified atom stereocenters. The summed E-state index contributed by atoms with van der Waals surface area (Å²) in [5.41, 5.74) is 2.66. The summed E-state index contributed by atoms with van der Waals surface area (Å²) in [7, 11) is 0. The second kappa shape index (κ2) is 9.24. The lowest BCUT2D eigenvalue weighted by molar-refractivity contribution is -0.114. The van der Waals surface area contributed by atoms with Crippen molar-refractivity contribution in [2.75, 3.05) is 11.4 Å². The van der Waals surface area contributed by atoms with Gasteiger partial charge in [0.15, 0.2) is 5.56 Å². The van der Waals surface area contributed by atoms with Gasteiger partial charge in [0.05, 0.1) is 17.3 Å². The molecular formula is C27H28N6O4. The quantitative estimate of drug-likeness (QED) is 0.500. The molecule has 190 valence electrons. The van der Waals surface area contributed by atoms with Crippen LogP contribution in [0.1, 0.15) is 59.4 Å². The molecule has 10 heteroatoms. The standard InChI is InChI=1S/C27H28N6O4/c1-15(2)14-32-25-20(7-9-22(34)31-11-10-18-12-17(13-28)4-8-21(18)31)16(3)30-33(25)27(37)23(26(32)36)24(35)29-19-5-6-19/h4,7-9,12,15,19,37H,5-6,10-11,14H2,1-3H3,(H,29,35). The molecule has 0 radical (unpaired) electrons. The molecule has 10 nitrogen and oxygen atoms in total. The summed E-state index contributed by atoms with van der Waals surface area (Å²) in [6.07, 6.45) is 5.38. The molecule has 3 heterocycles. The van der Waals surface area contributed by atoms with Gasteiger partial charge in [-0.25, -0.2) is 0 Å². The molecule has 2 amide bonds. The minimum atomic E-state index is -0.614. The van der Waals surface area contributed by atoms with Crippen molar-refractivity contribution in [3.8, 4) is 11.9 Å². The first kappa shape index (κ1) is 24.3. The normalized spacial score (nSPS) is 14.9. The number of fused-ring (bicyclic) bond motifs is 2. The van der Waals surface area contributed by atoms with E-state index in [4.69, 9.17) is 5.26 Å². The third-order valence-corrected chi connectivity index (χ3v) is 6.67. The fourth-order valence-electron chi connectivity index (χ4n) is 4.73. The summed E-state index contributed by atoms with van der Waals surface area (Å²) in [5.74, 6) is -1.31. The van der Waals surface area contributed by atoms with Gasteiger partial charge in [-0.1, -0.05) is 13.8 Å². The Morgan fingerprint density at radius 3 is 2.76 bits per heavy atom. The first-order valence-corrected chi connectivity index (χ1v) is 12.4. The average molecular weight is 501 g/mol. The van der Waals surface area contributed by atoms with Crippen LogP contribution in [0.15, 0.2) is 29.1 Å². The second-order valence-corrected chi connectivity index (χ2v) is 10.0. The fourth-order valence-corrected chi connectivity index (χ4v) is 4.73. The van der Waals surface area contributed by atoms with Crippen LogP contribution in [-0.4, -0.2) is 43.7 Å². The maximum atomic E-state index is 13.5. The maximum Gasteiger partial charge on any atom is 0.270 e. The Bertz CT molecular complexity index is 1570. The van der Waals surface area contributed by atoms with E-state index in [1.54, 1.807) is 36.1 Å². The van der Waals surface area contributed by atoms with Crippen LogP contribution in [-0.2, 0) is 17.8 Å². The van der Waals surface area contributed by atoms with Gasteiger partial charge >= 0.3 is 0 Å². The van der Waals surface area contributed by atoms with Gasteiger partial charge in [-0.15, -0.1) is 0 Å². The number of aromatic nitrogens is 3. The summed E-state index contributed by atoms with van der Waals surface area (Å²) < 4.78 is 2.66. The number of nitriles is 1. The zero-order chi connectivity index (χ0) is 26.4. The number of carbonyl (C=O) groups excluding carboxylic acids is 2. The van der Waals surface area contributed by atoms with Crippen LogP contribution in [0.4, 0.5) is 5.69 Å². The van der Waals surface area contributed by atoms with Crippen LogP contribution in [0.25, 0.3) is 11.7 Å². The number of benzene rings is 1. The van der Waals surface area contributed by atoms with E-state index in [-0.39, 0.29) is 23.4 Å². The number of nitrogens with zero attached hydrogens (tertiary/aromatic N) is 5. The van der Waals surface area contributed by atoms with Crippen LogP contribution in [0.3, 0.4) is 0 Å². The summed E-state index contributed by atoms with van der Waals surface area (Å²) in [6.45, 7) is 6.42. The minimum Gasteiger partial charge on any atom is -0.492 e. The lowest BCUT2D eigenvalue weighted by atomic mass is 10.1. The van der Waals surface area contributed by atoms with Crippen molar-refractivity contribution in [3.63, 3.8) is 0 Å². The molecule has 1 aliphatic carbocycles. The highest BCUT2D eigenvalue weighted by atomic mass is 16.3. The van der Waals surface area contributed by atoms with Gasteiger partial charge in [0, 0.05) is 36.5 Å². The highest BCUT2D eigenvalue weighted by molar-refractivity contribution is 6.05. The van der Waals surface area contributed by atoms with Crippen LogP contribution < -0.4 is 15.8 Å². The number of nitrogens with one attached hydrogen (secondary N) is 1. The zero-order valence-electron chi connectivity index (χ0n) is 21.0. The van der Waals surface area contributed by atoms with E-state index in [0.29, 0.717) is 42.0 Å². The van der Waals surface area contributed by atoms with E-state index in [1.807, 2.05) is 13.8 Å². The van der Waals surface area contributed by atoms with Crippen molar-refractivity contribution < 1.29 is 14.7 Å². The predicted molar refractivity (Wildman–Crippen MR) is 137 cm³/mol. The molecule has 2 aliphatic rings. The van der Waals surface area contributed by atoms with Gasteiger partial charge in [-0.05, 0) is 61.9 Å². The molecule has 1 fully saturated rings. The second-order valence-electron chi connectivity index (χ2n) is 10.0. The minimum absolute atomic E-state index is 0.0200. The molecule has 0 atom stereocenters. The molecule has 2 aromatic heterocycles. The van der Waals surface area contributed by atoms with Crippen molar-refractivity contribution in [1.82, 2.24) is 19.5 Å². The van der Waals surface area contributed by atoms with Crippen LogP contribution >= 0.6 is 0 Å². The number of rotatable bonds is 6. The van der Waals surface area contributed by atoms with E-state index < -0.39 is 17.3 Å². The Labute approximate surface area is 213 Å². The first-order valence-electron chi connectivity index (χ1n) is 12.4. The van der Waals surface area contributed by atoms with Crippen LogP contribution in [0.2, 0.25) is 0 Å². The van der Waals surface area contributed by atoms with Gasteiger partial charge < -0.3 is 15.3 Å².